The van der Waals surface area contributed by atoms with Crippen LogP contribution in [-0.4, -0.2) is 0 Å². The molecule has 1 atom stereocenters. The van der Waals surface area contributed by atoms with Gasteiger partial charge in [0.15, 0.2) is 0 Å². The Morgan fingerprint density at radius 2 is 1.69 bits per heavy atom. The van der Waals surface area contributed by atoms with Crippen molar-refractivity contribution in [3.8, 4) is 0 Å². The van der Waals surface area contributed by atoms with Crippen LogP contribution in [0.2, 0.25) is 0 Å². The molecule has 0 fully saturated rings. The number of halogens is 4. The quantitative estimate of drug-likeness (QED) is 0.421. The molecule has 1 unspecified atom stereocenters. The monoisotopic (exact) mass is 486 g/mol. The lowest BCUT2D eigenvalue weighted by Gasteiger charge is -2.11. The second kappa shape index (κ2) is 5.65. The Morgan fingerprint density at radius 3 is 2.25 bits per heavy atom. The largest absolute Gasteiger partial charge is 0.121 e. The van der Waals surface area contributed by atoms with E-state index < -0.39 is 0 Å². The van der Waals surface area contributed by atoms with Crippen LogP contribution in [0.15, 0.2) is 42.4 Å². The van der Waals surface area contributed by atoms with Crippen LogP contribution in [-0.2, 0) is 0 Å². The average molecular weight is 490 g/mol. The summed E-state index contributed by atoms with van der Waals surface area (Å²) in [6.45, 7) is 0. The lowest BCUT2D eigenvalue weighted by Crippen LogP contribution is -1.92. The van der Waals surface area contributed by atoms with Crippen LogP contribution in [0.25, 0.3) is 0 Å². The lowest BCUT2D eigenvalue weighted by molar-refractivity contribution is 1.17. The summed E-state index contributed by atoms with van der Waals surface area (Å²) >= 11 is 16.1. The molecule has 1 heterocycles. The van der Waals surface area contributed by atoms with Crippen molar-refractivity contribution in [1.82, 2.24) is 0 Å². The maximum Gasteiger partial charge on any atom is 0.0757 e. The van der Waals surface area contributed by atoms with Gasteiger partial charge in [0.1, 0.15) is 0 Å². The third kappa shape index (κ3) is 2.80. The van der Waals surface area contributed by atoms with Crippen molar-refractivity contribution in [1.29, 1.82) is 0 Å². The molecule has 2 aromatic rings. The SMILES string of the molecule is Brc1cc(C(Br)c2ccccc2Br)c(Br)s1. The summed E-state index contributed by atoms with van der Waals surface area (Å²) in [5, 5.41) is 0. The number of hydrogen-bond acceptors (Lipinski definition) is 1. The number of hydrogen-bond donors (Lipinski definition) is 0. The van der Waals surface area contributed by atoms with E-state index in [1.807, 2.05) is 12.1 Å². The molecule has 2 rings (SSSR count). The molecule has 0 aliphatic carbocycles. The molecule has 0 aliphatic rings. The van der Waals surface area contributed by atoms with E-state index in [0.29, 0.717) is 0 Å². The highest BCUT2D eigenvalue weighted by molar-refractivity contribution is 9.12. The summed E-state index contributed by atoms with van der Waals surface area (Å²) in [7, 11) is 0. The van der Waals surface area contributed by atoms with Crippen molar-refractivity contribution in [2.24, 2.45) is 0 Å². The second-order valence-corrected chi connectivity index (χ2v) is 8.68. The van der Waals surface area contributed by atoms with Crippen molar-refractivity contribution in [2.75, 3.05) is 0 Å². The molecule has 0 spiro atoms. The van der Waals surface area contributed by atoms with Gasteiger partial charge in [-0.05, 0) is 55.1 Å². The maximum absolute atomic E-state index is 3.73. The number of alkyl halides is 1. The second-order valence-electron chi connectivity index (χ2n) is 3.16. The van der Waals surface area contributed by atoms with E-state index in [1.165, 1.54) is 11.1 Å². The Labute approximate surface area is 132 Å². The zero-order valence-corrected chi connectivity index (χ0v) is 15.0. The van der Waals surface area contributed by atoms with E-state index in [0.717, 1.165) is 12.0 Å². The molecule has 0 aliphatic heterocycles. The zero-order valence-electron chi connectivity index (χ0n) is 7.88. The van der Waals surface area contributed by atoms with E-state index >= 15 is 0 Å². The third-order valence-electron chi connectivity index (χ3n) is 2.13. The first-order valence-corrected chi connectivity index (χ1v) is 8.54. The molecule has 1 aromatic heterocycles. The fourth-order valence-electron chi connectivity index (χ4n) is 1.37. The fourth-order valence-corrected chi connectivity index (χ4v) is 6.32. The van der Waals surface area contributed by atoms with E-state index in [-0.39, 0.29) is 4.83 Å². The predicted octanol–water partition coefficient (Wildman–Crippen LogP) is 6.52. The molecule has 0 N–H and O–H groups in total. The Hall–Kier alpha value is 0.840. The maximum atomic E-state index is 3.73. The van der Waals surface area contributed by atoms with Gasteiger partial charge < -0.3 is 0 Å². The van der Waals surface area contributed by atoms with Crippen LogP contribution < -0.4 is 0 Å². The molecular weight excluding hydrogens is 484 g/mol. The van der Waals surface area contributed by atoms with Crippen molar-refractivity contribution >= 4 is 75.1 Å². The highest BCUT2D eigenvalue weighted by Gasteiger charge is 2.17. The van der Waals surface area contributed by atoms with Gasteiger partial charge in [-0.25, -0.2) is 0 Å². The molecule has 0 bridgehead atoms. The minimum Gasteiger partial charge on any atom is -0.121 e. The molecule has 1 aromatic carbocycles. The van der Waals surface area contributed by atoms with Gasteiger partial charge in [-0.1, -0.05) is 50.1 Å². The predicted molar refractivity (Wildman–Crippen MR) is 84.6 cm³/mol. The highest BCUT2D eigenvalue weighted by Crippen LogP contribution is 2.43. The molecule has 16 heavy (non-hydrogen) atoms. The Morgan fingerprint density at radius 1 is 1.00 bits per heavy atom. The lowest BCUT2D eigenvalue weighted by atomic mass is 10.1. The average Bonchev–Trinajstić information content (AvgIpc) is 2.58. The smallest absolute Gasteiger partial charge is 0.0757 e. The normalized spacial score (nSPS) is 12.8. The van der Waals surface area contributed by atoms with Crippen molar-refractivity contribution < 1.29 is 0 Å². The van der Waals surface area contributed by atoms with Gasteiger partial charge >= 0.3 is 0 Å². The van der Waals surface area contributed by atoms with E-state index in [4.69, 9.17) is 0 Å². The van der Waals surface area contributed by atoms with E-state index in [1.54, 1.807) is 11.3 Å². The first kappa shape index (κ1) is 13.3. The van der Waals surface area contributed by atoms with Crippen LogP contribution in [0.1, 0.15) is 16.0 Å². The van der Waals surface area contributed by atoms with Crippen molar-refractivity contribution in [3.05, 3.63) is 53.5 Å². The van der Waals surface area contributed by atoms with Gasteiger partial charge in [0.05, 0.1) is 12.4 Å². The molecule has 0 saturated heterocycles. The molecule has 84 valence electrons. The molecule has 0 amide bonds. The summed E-state index contributed by atoms with van der Waals surface area (Å²) < 4.78 is 3.40. The standard InChI is InChI=1S/C11H6Br4S/c12-8-4-2-1-3-6(8)10(14)7-5-9(13)16-11(7)15/h1-5,10H. The van der Waals surface area contributed by atoms with Gasteiger partial charge in [0.25, 0.3) is 0 Å². The highest BCUT2D eigenvalue weighted by atomic mass is 79.9. The topological polar surface area (TPSA) is 0 Å². The summed E-state index contributed by atoms with van der Waals surface area (Å²) in [6.07, 6.45) is 0. The van der Waals surface area contributed by atoms with Crippen molar-refractivity contribution in [2.45, 2.75) is 4.83 Å². The fraction of sp³-hybridized carbons (Fsp3) is 0.0909. The van der Waals surface area contributed by atoms with Crippen LogP contribution in [0.4, 0.5) is 0 Å². The first-order chi connectivity index (χ1) is 7.59. The van der Waals surface area contributed by atoms with Gasteiger partial charge in [-0.3, -0.25) is 0 Å². The van der Waals surface area contributed by atoms with Gasteiger partial charge in [-0.2, -0.15) is 0 Å². The van der Waals surface area contributed by atoms with E-state index in [9.17, 15) is 0 Å². The summed E-state index contributed by atoms with van der Waals surface area (Å²) in [4.78, 5) is 0.194. The van der Waals surface area contributed by atoms with Crippen LogP contribution in [0.3, 0.4) is 0 Å². The minimum absolute atomic E-state index is 0.194. The summed E-state index contributed by atoms with van der Waals surface area (Å²) in [6, 6.07) is 10.4. The van der Waals surface area contributed by atoms with Crippen LogP contribution in [0.5, 0.6) is 0 Å². The molecule has 0 saturated carbocycles. The van der Waals surface area contributed by atoms with Crippen molar-refractivity contribution in [3.63, 3.8) is 0 Å². The van der Waals surface area contributed by atoms with Gasteiger partial charge in [-0.15, -0.1) is 11.3 Å². The van der Waals surface area contributed by atoms with Crippen LogP contribution in [0, 0.1) is 0 Å². The number of benzene rings is 1. The molecule has 0 nitrogen and oxygen atoms in total. The Bertz CT molecular complexity index is 506. The molecule has 0 radical (unpaired) electrons. The summed E-state index contributed by atoms with van der Waals surface area (Å²) in [5.41, 5.74) is 2.47. The Balaban J connectivity index is 2.43. The molecular formula is C11H6Br4S. The molecule has 5 heteroatoms. The number of thiophene rings is 1. The Kier molecular flexibility index (Phi) is 4.69. The van der Waals surface area contributed by atoms with E-state index in [2.05, 4.69) is 81.9 Å². The number of rotatable bonds is 2. The third-order valence-corrected chi connectivity index (χ3v) is 6.23. The van der Waals surface area contributed by atoms with Gasteiger partial charge in [0, 0.05) is 4.47 Å². The zero-order chi connectivity index (χ0) is 11.7. The minimum atomic E-state index is 0.194. The first-order valence-electron chi connectivity index (χ1n) is 4.43. The summed E-state index contributed by atoms with van der Waals surface area (Å²) in [5.74, 6) is 0. The van der Waals surface area contributed by atoms with Gasteiger partial charge in [0.2, 0.25) is 0 Å². The van der Waals surface area contributed by atoms with Crippen LogP contribution >= 0.6 is 75.1 Å².